The summed E-state index contributed by atoms with van der Waals surface area (Å²) < 4.78 is 11.3. The molecule has 0 aliphatic heterocycles. The second kappa shape index (κ2) is 8.22. The van der Waals surface area contributed by atoms with Gasteiger partial charge in [-0.2, -0.15) is 0 Å². The Hall–Kier alpha value is -2.49. The summed E-state index contributed by atoms with van der Waals surface area (Å²) in [7, 11) is 0. The molecule has 122 valence electrons. The second-order valence-electron chi connectivity index (χ2n) is 5.48. The topological polar surface area (TPSA) is 47.6 Å². The van der Waals surface area contributed by atoms with E-state index in [1.165, 1.54) is 5.56 Å². The molecule has 1 amide bonds. The van der Waals surface area contributed by atoms with E-state index in [0.717, 1.165) is 11.3 Å². The van der Waals surface area contributed by atoms with Crippen LogP contribution in [0, 0.1) is 13.8 Å². The summed E-state index contributed by atoms with van der Waals surface area (Å²) in [6, 6.07) is 15.3. The average Bonchev–Trinajstić information content (AvgIpc) is 2.54. The lowest BCUT2D eigenvalue weighted by Gasteiger charge is -2.15. The number of carbonyl (C=O) groups excluding carboxylic acids is 1. The van der Waals surface area contributed by atoms with Crippen LogP contribution < -0.4 is 14.8 Å². The first-order valence-electron chi connectivity index (χ1n) is 7.76. The molecule has 23 heavy (non-hydrogen) atoms. The van der Waals surface area contributed by atoms with Crippen LogP contribution in [0.25, 0.3) is 0 Å². The molecule has 2 aromatic carbocycles. The zero-order valence-corrected chi connectivity index (χ0v) is 13.8. The predicted molar refractivity (Wildman–Crippen MR) is 91.0 cm³/mol. The maximum Gasteiger partial charge on any atom is 0.260 e. The molecule has 0 radical (unpaired) electrons. The normalized spacial score (nSPS) is 11.6. The van der Waals surface area contributed by atoms with Gasteiger partial charge in [-0.25, -0.2) is 0 Å². The average molecular weight is 313 g/mol. The van der Waals surface area contributed by atoms with Gasteiger partial charge in [0, 0.05) is 0 Å². The molecule has 0 saturated carbocycles. The Balaban J connectivity index is 1.72. The number of ether oxygens (including phenoxy) is 2. The van der Waals surface area contributed by atoms with Crippen molar-refractivity contribution in [2.45, 2.75) is 26.9 Å². The number of para-hydroxylation sites is 1. The molecule has 1 atom stereocenters. The Kier molecular flexibility index (Phi) is 6.03. The quantitative estimate of drug-likeness (QED) is 0.798. The summed E-state index contributed by atoms with van der Waals surface area (Å²) in [5, 5.41) is 2.81. The fourth-order valence-corrected chi connectivity index (χ4v) is 2.20. The lowest BCUT2D eigenvalue weighted by atomic mass is 10.1. The van der Waals surface area contributed by atoms with E-state index in [0.29, 0.717) is 18.9 Å². The van der Waals surface area contributed by atoms with Crippen molar-refractivity contribution >= 4 is 5.91 Å². The van der Waals surface area contributed by atoms with Crippen molar-refractivity contribution in [2.24, 2.45) is 0 Å². The van der Waals surface area contributed by atoms with Crippen molar-refractivity contribution in [3.8, 4) is 11.5 Å². The SMILES string of the molecule is Cc1ccc(OCCNC(=O)[C@@H](C)Oc2ccccc2)c(C)c1. The molecule has 0 bridgehead atoms. The molecule has 0 heterocycles. The highest BCUT2D eigenvalue weighted by molar-refractivity contribution is 5.80. The Labute approximate surface area is 137 Å². The van der Waals surface area contributed by atoms with Gasteiger partial charge in [-0.05, 0) is 44.5 Å². The van der Waals surface area contributed by atoms with Crippen molar-refractivity contribution in [3.63, 3.8) is 0 Å². The lowest BCUT2D eigenvalue weighted by molar-refractivity contribution is -0.127. The van der Waals surface area contributed by atoms with Crippen LogP contribution in [0.5, 0.6) is 11.5 Å². The van der Waals surface area contributed by atoms with Crippen LogP contribution in [0.1, 0.15) is 18.1 Å². The van der Waals surface area contributed by atoms with E-state index in [-0.39, 0.29) is 5.91 Å². The third-order valence-electron chi connectivity index (χ3n) is 3.41. The molecule has 0 unspecified atom stereocenters. The summed E-state index contributed by atoms with van der Waals surface area (Å²) in [5.74, 6) is 1.37. The molecule has 1 N–H and O–H groups in total. The molecule has 0 fully saturated rings. The zero-order valence-electron chi connectivity index (χ0n) is 13.8. The first kappa shape index (κ1) is 16.9. The lowest BCUT2D eigenvalue weighted by Crippen LogP contribution is -2.38. The van der Waals surface area contributed by atoms with Crippen molar-refractivity contribution in [1.29, 1.82) is 0 Å². The summed E-state index contributed by atoms with van der Waals surface area (Å²) in [4.78, 5) is 12.0. The zero-order chi connectivity index (χ0) is 16.7. The number of rotatable bonds is 7. The fraction of sp³-hybridized carbons (Fsp3) is 0.316. The highest BCUT2D eigenvalue weighted by Gasteiger charge is 2.13. The van der Waals surface area contributed by atoms with Crippen molar-refractivity contribution in [1.82, 2.24) is 5.32 Å². The molecule has 0 aliphatic rings. The van der Waals surface area contributed by atoms with Gasteiger partial charge in [-0.1, -0.05) is 35.9 Å². The number of hydrogen-bond donors (Lipinski definition) is 1. The van der Waals surface area contributed by atoms with E-state index < -0.39 is 6.10 Å². The molecular formula is C19H23NO3. The molecule has 0 spiro atoms. The van der Waals surface area contributed by atoms with Gasteiger partial charge in [-0.15, -0.1) is 0 Å². The highest BCUT2D eigenvalue weighted by atomic mass is 16.5. The minimum Gasteiger partial charge on any atom is -0.491 e. The van der Waals surface area contributed by atoms with Gasteiger partial charge in [-0.3, -0.25) is 4.79 Å². The first-order valence-corrected chi connectivity index (χ1v) is 7.76. The van der Waals surface area contributed by atoms with E-state index >= 15 is 0 Å². The van der Waals surface area contributed by atoms with Crippen LogP contribution in [-0.4, -0.2) is 25.2 Å². The second-order valence-corrected chi connectivity index (χ2v) is 5.48. The Bertz CT molecular complexity index is 640. The Morgan fingerprint density at radius 1 is 1.13 bits per heavy atom. The minimum atomic E-state index is -0.543. The van der Waals surface area contributed by atoms with Gasteiger partial charge >= 0.3 is 0 Å². The predicted octanol–water partition coefficient (Wildman–Crippen LogP) is 3.27. The van der Waals surface area contributed by atoms with E-state index in [4.69, 9.17) is 9.47 Å². The van der Waals surface area contributed by atoms with E-state index in [1.807, 2.05) is 56.3 Å². The van der Waals surface area contributed by atoms with E-state index in [9.17, 15) is 4.79 Å². The maximum atomic E-state index is 12.0. The molecule has 2 aromatic rings. The molecular weight excluding hydrogens is 290 g/mol. The van der Waals surface area contributed by atoms with Gasteiger partial charge < -0.3 is 14.8 Å². The molecule has 0 saturated heterocycles. The highest BCUT2D eigenvalue weighted by Crippen LogP contribution is 2.18. The number of carbonyl (C=O) groups is 1. The molecule has 4 heteroatoms. The molecule has 4 nitrogen and oxygen atoms in total. The number of amides is 1. The summed E-state index contributed by atoms with van der Waals surface area (Å²) in [6.45, 7) is 6.65. The third kappa shape index (κ3) is 5.33. The molecule has 2 rings (SSSR count). The standard InChI is InChI=1S/C19H23NO3/c1-14-9-10-18(15(2)13-14)22-12-11-20-19(21)16(3)23-17-7-5-4-6-8-17/h4-10,13,16H,11-12H2,1-3H3,(H,20,21)/t16-/m1/s1. The van der Waals surface area contributed by atoms with Crippen LogP contribution in [0.4, 0.5) is 0 Å². The summed E-state index contributed by atoms with van der Waals surface area (Å²) in [5.41, 5.74) is 2.30. The summed E-state index contributed by atoms with van der Waals surface area (Å²) >= 11 is 0. The number of hydrogen-bond acceptors (Lipinski definition) is 3. The summed E-state index contributed by atoms with van der Waals surface area (Å²) in [6.07, 6.45) is -0.543. The van der Waals surface area contributed by atoms with Crippen LogP contribution in [-0.2, 0) is 4.79 Å². The van der Waals surface area contributed by atoms with Gasteiger partial charge in [0.2, 0.25) is 0 Å². The van der Waals surface area contributed by atoms with Crippen LogP contribution >= 0.6 is 0 Å². The third-order valence-corrected chi connectivity index (χ3v) is 3.41. The van der Waals surface area contributed by atoms with Crippen LogP contribution in [0.3, 0.4) is 0 Å². The van der Waals surface area contributed by atoms with Crippen LogP contribution in [0.2, 0.25) is 0 Å². The van der Waals surface area contributed by atoms with Gasteiger partial charge in [0.05, 0.1) is 6.54 Å². The monoisotopic (exact) mass is 313 g/mol. The molecule has 0 aromatic heterocycles. The van der Waals surface area contributed by atoms with E-state index in [1.54, 1.807) is 6.92 Å². The maximum absolute atomic E-state index is 12.0. The molecule has 0 aliphatic carbocycles. The smallest absolute Gasteiger partial charge is 0.260 e. The number of aryl methyl sites for hydroxylation is 2. The van der Waals surface area contributed by atoms with Gasteiger partial charge in [0.15, 0.2) is 6.10 Å². The Morgan fingerprint density at radius 2 is 1.87 bits per heavy atom. The van der Waals surface area contributed by atoms with Crippen molar-refractivity contribution < 1.29 is 14.3 Å². The minimum absolute atomic E-state index is 0.155. The van der Waals surface area contributed by atoms with Crippen LogP contribution in [0.15, 0.2) is 48.5 Å². The number of nitrogens with one attached hydrogen (secondary N) is 1. The van der Waals surface area contributed by atoms with E-state index in [2.05, 4.69) is 11.4 Å². The van der Waals surface area contributed by atoms with Gasteiger partial charge in [0.1, 0.15) is 18.1 Å². The Morgan fingerprint density at radius 3 is 2.57 bits per heavy atom. The first-order chi connectivity index (χ1) is 11.1. The van der Waals surface area contributed by atoms with Crippen molar-refractivity contribution in [2.75, 3.05) is 13.2 Å². The fourth-order valence-electron chi connectivity index (χ4n) is 2.20. The largest absolute Gasteiger partial charge is 0.491 e. The number of benzene rings is 2. The van der Waals surface area contributed by atoms with Gasteiger partial charge in [0.25, 0.3) is 5.91 Å². The van der Waals surface area contributed by atoms with Crippen molar-refractivity contribution in [3.05, 3.63) is 59.7 Å².